The van der Waals surface area contributed by atoms with E-state index < -0.39 is 0 Å². The van der Waals surface area contributed by atoms with E-state index >= 15 is 0 Å². The van der Waals surface area contributed by atoms with Gasteiger partial charge < -0.3 is 9.47 Å². The van der Waals surface area contributed by atoms with Crippen LogP contribution >= 0.6 is 0 Å². The third-order valence-electron chi connectivity index (χ3n) is 7.18. The normalized spacial score (nSPS) is 21.7. The van der Waals surface area contributed by atoms with Crippen LogP contribution in [0.4, 0.5) is 0 Å². The van der Waals surface area contributed by atoms with Gasteiger partial charge in [0, 0.05) is 10.8 Å². The summed E-state index contributed by atoms with van der Waals surface area (Å²) < 4.78 is 10.9. The molecule has 0 heterocycles. The minimum absolute atomic E-state index is 0.140. The van der Waals surface area contributed by atoms with Crippen molar-refractivity contribution >= 4 is 0 Å². The molecule has 5 rings (SSSR count). The number of rotatable bonds is 5. The summed E-state index contributed by atoms with van der Waals surface area (Å²) in [5.41, 5.74) is 6.26. The number of fused-ring (bicyclic) bond motifs is 1. The van der Waals surface area contributed by atoms with E-state index in [-0.39, 0.29) is 10.8 Å². The topological polar surface area (TPSA) is 18.5 Å². The quantitative estimate of drug-likeness (QED) is 0.356. The molecule has 2 unspecified atom stereocenters. The smallest absolute Gasteiger partial charge is 0.118 e. The highest BCUT2D eigenvalue weighted by Crippen LogP contribution is 2.58. The first kappa shape index (κ1) is 20.4. The third kappa shape index (κ3) is 3.02. The summed E-state index contributed by atoms with van der Waals surface area (Å²) in [7, 11) is 3.43. The van der Waals surface area contributed by atoms with Gasteiger partial charge in [-0.2, -0.15) is 0 Å². The molecule has 0 bridgehead atoms. The molecule has 2 nitrogen and oxygen atoms in total. The molecule has 0 radical (unpaired) electrons. The molecule has 4 aromatic rings. The van der Waals surface area contributed by atoms with Crippen molar-refractivity contribution in [1.29, 1.82) is 0 Å². The molecule has 0 saturated carbocycles. The second-order valence-corrected chi connectivity index (χ2v) is 8.78. The first-order valence-electron chi connectivity index (χ1n) is 11.1. The second kappa shape index (κ2) is 7.87. The fraction of sp³-hybridized carbons (Fsp3) is 0.200. The maximum atomic E-state index is 5.46. The summed E-state index contributed by atoms with van der Waals surface area (Å²) in [6, 6.07) is 37.0. The van der Waals surface area contributed by atoms with Gasteiger partial charge >= 0.3 is 0 Å². The Labute approximate surface area is 190 Å². The van der Waals surface area contributed by atoms with Gasteiger partial charge in [0.15, 0.2) is 0 Å². The summed E-state index contributed by atoms with van der Waals surface area (Å²) in [6.07, 6.45) is 0.946. The Kier molecular flexibility index (Phi) is 5.01. The van der Waals surface area contributed by atoms with Gasteiger partial charge in [-0.05, 0) is 58.5 Å². The second-order valence-electron chi connectivity index (χ2n) is 8.78. The average Bonchev–Trinajstić information content (AvgIpc) is 3.16. The number of methoxy groups -OCH3 is 2. The molecular weight excluding hydrogens is 392 g/mol. The molecule has 1 aliphatic carbocycles. The van der Waals surface area contributed by atoms with Crippen molar-refractivity contribution in [3.8, 4) is 11.5 Å². The zero-order chi connectivity index (χ0) is 22.2. The number of ether oxygens (including phenoxy) is 2. The van der Waals surface area contributed by atoms with Crippen molar-refractivity contribution < 1.29 is 9.47 Å². The van der Waals surface area contributed by atoms with Gasteiger partial charge in [-0.3, -0.25) is 0 Å². The molecule has 0 saturated heterocycles. The highest BCUT2D eigenvalue weighted by Gasteiger charge is 2.52. The summed E-state index contributed by atoms with van der Waals surface area (Å²) in [5, 5.41) is 0. The number of hydrogen-bond acceptors (Lipinski definition) is 2. The average molecular weight is 421 g/mol. The van der Waals surface area contributed by atoms with E-state index in [4.69, 9.17) is 9.47 Å². The molecule has 160 valence electrons. The lowest BCUT2D eigenvalue weighted by Gasteiger charge is -2.35. The van der Waals surface area contributed by atoms with E-state index in [1.165, 1.54) is 27.8 Å². The highest BCUT2D eigenvalue weighted by atomic mass is 16.5. The van der Waals surface area contributed by atoms with Crippen LogP contribution in [0.1, 0.15) is 41.2 Å². The molecule has 0 fully saturated rings. The van der Waals surface area contributed by atoms with Crippen LogP contribution in [0.25, 0.3) is 0 Å². The minimum Gasteiger partial charge on any atom is -0.497 e. The van der Waals surface area contributed by atoms with Crippen LogP contribution in [0.5, 0.6) is 11.5 Å². The first-order valence-corrected chi connectivity index (χ1v) is 11.1. The Morgan fingerprint density at radius 3 is 1.56 bits per heavy atom. The maximum absolute atomic E-state index is 5.46. The van der Waals surface area contributed by atoms with Gasteiger partial charge in [0.2, 0.25) is 0 Å². The van der Waals surface area contributed by atoms with Crippen molar-refractivity contribution in [3.63, 3.8) is 0 Å². The van der Waals surface area contributed by atoms with Crippen molar-refractivity contribution in [3.05, 3.63) is 131 Å². The lowest BCUT2D eigenvalue weighted by Crippen LogP contribution is -2.30. The Balaban J connectivity index is 1.77. The van der Waals surface area contributed by atoms with Gasteiger partial charge in [0.05, 0.1) is 14.2 Å². The zero-order valence-corrected chi connectivity index (χ0v) is 18.8. The fourth-order valence-electron chi connectivity index (χ4n) is 5.55. The molecule has 2 heteroatoms. The van der Waals surface area contributed by atoms with E-state index in [0.29, 0.717) is 0 Å². The largest absolute Gasteiger partial charge is 0.497 e. The monoisotopic (exact) mass is 420 g/mol. The lowest BCUT2D eigenvalue weighted by atomic mass is 9.67. The van der Waals surface area contributed by atoms with E-state index in [9.17, 15) is 0 Å². The Morgan fingerprint density at radius 2 is 1.00 bits per heavy atom. The van der Waals surface area contributed by atoms with Crippen LogP contribution in [0.15, 0.2) is 103 Å². The molecule has 0 spiro atoms. The first-order chi connectivity index (χ1) is 15.6. The molecule has 0 aromatic heterocycles. The molecule has 0 amide bonds. The molecule has 4 aromatic carbocycles. The predicted octanol–water partition coefficient (Wildman–Crippen LogP) is 6.75. The van der Waals surface area contributed by atoms with Crippen molar-refractivity contribution in [2.45, 2.75) is 24.2 Å². The van der Waals surface area contributed by atoms with E-state index in [0.717, 1.165) is 17.9 Å². The molecule has 2 atom stereocenters. The van der Waals surface area contributed by atoms with Crippen LogP contribution in [0.2, 0.25) is 0 Å². The van der Waals surface area contributed by atoms with Crippen LogP contribution in [-0.2, 0) is 10.8 Å². The van der Waals surface area contributed by atoms with E-state index in [2.05, 4.69) is 110 Å². The molecule has 0 aliphatic heterocycles. The molecule has 0 N–H and O–H groups in total. The summed E-state index contributed by atoms with van der Waals surface area (Å²) >= 11 is 0. The Hall–Kier alpha value is -3.52. The predicted molar refractivity (Wildman–Crippen MR) is 130 cm³/mol. The zero-order valence-electron chi connectivity index (χ0n) is 18.8. The van der Waals surface area contributed by atoms with E-state index in [1.54, 1.807) is 14.2 Å². The molecule has 1 aliphatic rings. The van der Waals surface area contributed by atoms with Crippen LogP contribution in [-0.4, -0.2) is 14.2 Å². The minimum atomic E-state index is -0.251. The van der Waals surface area contributed by atoms with Crippen LogP contribution < -0.4 is 9.47 Å². The van der Waals surface area contributed by atoms with Crippen molar-refractivity contribution in [2.24, 2.45) is 0 Å². The lowest BCUT2D eigenvalue weighted by molar-refractivity contribution is 0.413. The van der Waals surface area contributed by atoms with Crippen LogP contribution in [0, 0.1) is 0 Å². The summed E-state index contributed by atoms with van der Waals surface area (Å²) in [6.45, 7) is 2.38. The Morgan fingerprint density at radius 1 is 0.531 bits per heavy atom. The van der Waals surface area contributed by atoms with Crippen molar-refractivity contribution in [1.82, 2.24) is 0 Å². The summed E-state index contributed by atoms with van der Waals surface area (Å²) in [5.74, 6) is 1.76. The number of benzene rings is 4. The SMILES string of the molecule is COc1ccc(C2(C)CC(c3ccccc3)(c3ccc(OC)cc3)c3ccccc32)cc1. The fourth-order valence-corrected chi connectivity index (χ4v) is 5.55. The number of hydrogen-bond donors (Lipinski definition) is 0. The molecule has 32 heavy (non-hydrogen) atoms. The Bertz CT molecular complexity index is 1210. The van der Waals surface area contributed by atoms with Gasteiger partial charge in [0.1, 0.15) is 11.5 Å². The van der Waals surface area contributed by atoms with Gasteiger partial charge in [-0.25, -0.2) is 0 Å². The van der Waals surface area contributed by atoms with Gasteiger partial charge in [-0.15, -0.1) is 0 Å². The standard InChI is InChI=1S/C30H28O2/c1-29(22-13-17-25(31-2)18-14-22)21-30(23-9-5-4-6-10-23,28-12-8-7-11-27(28)29)24-15-19-26(32-3)20-16-24/h4-20H,21H2,1-3H3. The maximum Gasteiger partial charge on any atom is 0.118 e. The van der Waals surface area contributed by atoms with Crippen molar-refractivity contribution in [2.75, 3.05) is 14.2 Å². The summed E-state index contributed by atoms with van der Waals surface area (Å²) in [4.78, 5) is 0. The van der Waals surface area contributed by atoms with E-state index in [1.807, 2.05) is 0 Å². The third-order valence-corrected chi connectivity index (χ3v) is 7.18. The van der Waals surface area contributed by atoms with Gasteiger partial charge in [-0.1, -0.05) is 85.8 Å². The molecular formula is C30H28O2. The van der Waals surface area contributed by atoms with Crippen LogP contribution in [0.3, 0.4) is 0 Å². The van der Waals surface area contributed by atoms with Gasteiger partial charge in [0.25, 0.3) is 0 Å². The highest BCUT2D eigenvalue weighted by molar-refractivity contribution is 5.63.